The molecule has 0 aromatic heterocycles. The van der Waals surface area contributed by atoms with Crippen LogP contribution in [0.2, 0.25) is 0 Å². The second-order valence-corrected chi connectivity index (χ2v) is 3.16. The lowest BCUT2D eigenvalue weighted by molar-refractivity contribution is -0.137. The van der Waals surface area contributed by atoms with Crippen LogP contribution in [0.15, 0.2) is 18.2 Å². The molecule has 3 nitrogen and oxygen atoms in total. The molecule has 0 aliphatic carbocycles. The van der Waals surface area contributed by atoms with Crippen LogP contribution in [0.3, 0.4) is 0 Å². The summed E-state index contributed by atoms with van der Waals surface area (Å²) in [7, 11) is 0. The van der Waals surface area contributed by atoms with Gasteiger partial charge in [-0.25, -0.2) is 4.39 Å². The van der Waals surface area contributed by atoms with Crippen molar-refractivity contribution in [2.45, 2.75) is 19.4 Å². The second-order valence-electron chi connectivity index (χ2n) is 3.16. The van der Waals surface area contributed by atoms with Gasteiger partial charge in [-0.3, -0.25) is 4.79 Å². The molecule has 0 aliphatic rings. The van der Waals surface area contributed by atoms with Crippen LogP contribution < -0.4 is 5.73 Å². The number of nitrogens with two attached hydrogens (primary N) is 1. The van der Waals surface area contributed by atoms with E-state index >= 15 is 0 Å². The lowest BCUT2D eigenvalue weighted by Gasteiger charge is -2.12. The number of carbonyl (C=O) groups is 1. The summed E-state index contributed by atoms with van der Waals surface area (Å²) in [5, 5.41) is 8.53. The van der Waals surface area contributed by atoms with Gasteiger partial charge in [0.25, 0.3) is 0 Å². The first kappa shape index (κ1) is 10.7. The zero-order valence-corrected chi connectivity index (χ0v) is 7.83. The molecule has 76 valence electrons. The van der Waals surface area contributed by atoms with Gasteiger partial charge in [-0.1, -0.05) is 12.1 Å². The molecule has 4 heteroatoms. The van der Waals surface area contributed by atoms with Crippen molar-refractivity contribution in [1.82, 2.24) is 0 Å². The first-order chi connectivity index (χ1) is 6.52. The fraction of sp³-hybridized carbons (Fsp3) is 0.300. The summed E-state index contributed by atoms with van der Waals surface area (Å²) in [5.41, 5.74) is 6.58. The maximum atomic E-state index is 13.1. The smallest absolute Gasteiger partial charge is 0.305 e. The van der Waals surface area contributed by atoms with E-state index in [-0.39, 0.29) is 12.2 Å². The van der Waals surface area contributed by atoms with Crippen LogP contribution in [-0.4, -0.2) is 11.1 Å². The number of hydrogen-bond donors (Lipinski definition) is 2. The zero-order valence-electron chi connectivity index (χ0n) is 7.83. The summed E-state index contributed by atoms with van der Waals surface area (Å²) in [6, 6.07) is 3.85. The van der Waals surface area contributed by atoms with Gasteiger partial charge in [0.15, 0.2) is 0 Å². The van der Waals surface area contributed by atoms with Gasteiger partial charge >= 0.3 is 5.97 Å². The predicted molar refractivity (Wildman–Crippen MR) is 50.3 cm³/mol. The van der Waals surface area contributed by atoms with Crippen LogP contribution in [0.25, 0.3) is 0 Å². The van der Waals surface area contributed by atoms with E-state index in [1.807, 2.05) is 0 Å². The number of carboxylic acids is 1. The monoisotopic (exact) mass is 197 g/mol. The van der Waals surface area contributed by atoms with Gasteiger partial charge in [0.1, 0.15) is 5.82 Å². The highest BCUT2D eigenvalue weighted by Gasteiger charge is 2.14. The fourth-order valence-corrected chi connectivity index (χ4v) is 1.32. The molecule has 0 radical (unpaired) electrons. The van der Waals surface area contributed by atoms with Gasteiger partial charge in [-0.15, -0.1) is 0 Å². The quantitative estimate of drug-likeness (QED) is 0.773. The Balaban J connectivity index is 2.95. The molecule has 1 unspecified atom stereocenters. The third-order valence-electron chi connectivity index (χ3n) is 2.10. The molecule has 1 aromatic carbocycles. The van der Waals surface area contributed by atoms with Gasteiger partial charge < -0.3 is 10.8 Å². The van der Waals surface area contributed by atoms with E-state index in [4.69, 9.17) is 10.8 Å². The van der Waals surface area contributed by atoms with Crippen LogP contribution in [0, 0.1) is 12.7 Å². The Bertz CT molecular complexity index is 352. The van der Waals surface area contributed by atoms with Crippen LogP contribution >= 0.6 is 0 Å². The molecule has 0 saturated carbocycles. The highest BCUT2D eigenvalue weighted by Crippen LogP contribution is 2.20. The Hall–Kier alpha value is -1.42. The Morgan fingerprint density at radius 2 is 2.29 bits per heavy atom. The highest BCUT2D eigenvalue weighted by atomic mass is 19.1. The van der Waals surface area contributed by atoms with Crippen LogP contribution in [0.4, 0.5) is 4.39 Å². The first-order valence-corrected chi connectivity index (χ1v) is 4.24. The molecule has 14 heavy (non-hydrogen) atoms. The number of carboxylic acid groups (broad SMARTS) is 1. The van der Waals surface area contributed by atoms with Crippen molar-refractivity contribution in [2.75, 3.05) is 0 Å². The van der Waals surface area contributed by atoms with Gasteiger partial charge in [-0.2, -0.15) is 0 Å². The average Bonchev–Trinajstić information content (AvgIpc) is 2.08. The topological polar surface area (TPSA) is 63.3 Å². The third-order valence-corrected chi connectivity index (χ3v) is 2.10. The molecule has 0 saturated heterocycles. The molecule has 0 spiro atoms. The molecular formula is C10H12FNO2. The summed E-state index contributed by atoms with van der Waals surface area (Å²) in [6.45, 7) is 1.59. The van der Waals surface area contributed by atoms with Crippen molar-refractivity contribution in [3.05, 3.63) is 35.1 Å². The van der Waals surface area contributed by atoms with Gasteiger partial charge in [-0.05, 0) is 24.1 Å². The van der Waals surface area contributed by atoms with E-state index < -0.39 is 12.0 Å². The number of benzene rings is 1. The predicted octanol–water partition coefficient (Wildman–Crippen LogP) is 1.61. The van der Waals surface area contributed by atoms with Crippen LogP contribution in [-0.2, 0) is 4.79 Å². The van der Waals surface area contributed by atoms with Crippen molar-refractivity contribution in [1.29, 1.82) is 0 Å². The average molecular weight is 197 g/mol. The Kier molecular flexibility index (Phi) is 3.19. The van der Waals surface area contributed by atoms with Crippen molar-refractivity contribution in [3.63, 3.8) is 0 Å². The largest absolute Gasteiger partial charge is 0.481 e. The number of rotatable bonds is 3. The molecule has 1 rings (SSSR count). The summed E-state index contributed by atoms with van der Waals surface area (Å²) in [5.74, 6) is -1.34. The van der Waals surface area contributed by atoms with Gasteiger partial charge in [0.2, 0.25) is 0 Å². The van der Waals surface area contributed by atoms with Gasteiger partial charge in [0.05, 0.1) is 6.42 Å². The molecule has 0 bridgehead atoms. The van der Waals surface area contributed by atoms with E-state index in [0.29, 0.717) is 11.1 Å². The summed E-state index contributed by atoms with van der Waals surface area (Å²) in [6.07, 6.45) is -0.190. The number of halogens is 1. The van der Waals surface area contributed by atoms with Crippen molar-refractivity contribution in [2.24, 2.45) is 5.73 Å². The molecule has 1 aromatic rings. The molecule has 1 atom stereocenters. The minimum atomic E-state index is -0.985. The van der Waals surface area contributed by atoms with E-state index in [0.717, 1.165) is 0 Å². The maximum absolute atomic E-state index is 13.1. The highest BCUT2D eigenvalue weighted by molar-refractivity contribution is 5.68. The molecule has 0 aliphatic heterocycles. The molecular weight excluding hydrogens is 185 g/mol. The standard InChI is InChI=1S/C10H12FNO2/c1-6-7(3-2-4-8(6)11)9(12)5-10(13)14/h2-4,9H,5,12H2,1H3,(H,13,14). The molecule has 3 N–H and O–H groups in total. The summed E-state index contributed by atoms with van der Waals surface area (Å²) in [4.78, 5) is 10.4. The summed E-state index contributed by atoms with van der Waals surface area (Å²) >= 11 is 0. The Morgan fingerprint density at radius 1 is 1.64 bits per heavy atom. The van der Waals surface area contributed by atoms with E-state index in [1.165, 1.54) is 12.1 Å². The maximum Gasteiger partial charge on any atom is 0.305 e. The van der Waals surface area contributed by atoms with E-state index in [9.17, 15) is 9.18 Å². The van der Waals surface area contributed by atoms with Crippen molar-refractivity contribution in [3.8, 4) is 0 Å². The van der Waals surface area contributed by atoms with Crippen LogP contribution in [0.5, 0.6) is 0 Å². The normalized spacial score (nSPS) is 12.5. The Morgan fingerprint density at radius 3 is 2.86 bits per heavy atom. The fourth-order valence-electron chi connectivity index (χ4n) is 1.32. The first-order valence-electron chi connectivity index (χ1n) is 4.24. The second kappa shape index (κ2) is 4.19. The number of hydrogen-bond acceptors (Lipinski definition) is 2. The van der Waals surface area contributed by atoms with E-state index in [1.54, 1.807) is 13.0 Å². The lowest BCUT2D eigenvalue weighted by atomic mass is 9.99. The number of aliphatic carboxylic acids is 1. The zero-order chi connectivity index (χ0) is 10.7. The van der Waals surface area contributed by atoms with Gasteiger partial charge in [0, 0.05) is 6.04 Å². The molecule has 0 fully saturated rings. The van der Waals surface area contributed by atoms with Crippen molar-refractivity contribution < 1.29 is 14.3 Å². The Labute approximate surface area is 81.4 Å². The minimum Gasteiger partial charge on any atom is -0.481 e. The SMILES string of the molecule is Cc1c(F)cccc1C(N)CC(=O)O. The van der Waals surface area contributed by atoms with E-state index in [2.05, 4.69) is 0 Å². The van der Waals surface area contributed by atoms with Crippen LogP contribution in [0.1, 0.15) is 23.6 Å². The van der Waals surface area contributed by atoms with Crippen molar-refractivity contribution >= 4 is 5.97 Å². The molecule has 0 heterocycles. The minimum absolute atomic E-state index is 0.190. The lowest BCUT2D eigenvalue weighted by Crippen LogP contribution is -2.16. The third kappa shape index (κ3) is 2.29. The summed E-state index contributed by atoms with van der Waals surface area (Å²) < 4.78 is 13.1. The molecule has 0 amide bonds.